The zero-order valence-corrected chi connectivity index (χ0v) is 17.5. The van der Waals surface area contributed by atoms with Crippen molar-refractivity contribution in [2.45, 2.75) is 25.0 Å². The van der Waals surface area contributed by atoms with E-state index >= 15 is 0 Å². The third-order valence-corrected chi connectivity index (χ3v) is 5.60. The summed E-state index contributed by atoms with van der Waals surface area (Å²) in [6, 6.07) is 20.3. The zero-order valence-electron chi connectivity index (χ0n) is 16.7. The average molecular weight is 421 g/mol. The van der Waals surface area contributed by atoms with E-state index < -0.39 is 0 Å². The smallest absolute Gasteiger partial charge is 0.234 e. The molecule has 7 heteroatoms. The lowest BCUT2D eigenvalue weighted by molar-refractivity contribution is -0.113. The van der Waals surface area contributed by atoms with Gasteiger partial charge in [0.2, 0.25) is 5.91 Å². The molecule has 3 aromatic carbocycles. The van der Waals surface area contributed by atoms with Gasteiger partial charge in [-0.15, -0.1) is 10.2 Å². The van der Waals surface area contributed by atoms with Crippen molar-refractivity contribution in [2.75, 3.05) is 11.1 Å². The van der Waals surface area contributed by atoms with Crippen LogP contribution in [0.15, 0.2) is 71.9 Å². The predicted octanol–water partition coefficient (Wildman–Crippen LogP) is 5.55. The second kappa shape index (κ2) is 8.67. The van der Waals surface area contributed by atoms with Crippen molar-refractivity contribution in [3.05, 3.63) is 72.5 Å². The molecular formula is C23H21FN4OS. The molecule has 0 aliphatic heterocycles. The third kappa shape index (κ3) is 4.21. The van der Waals surface area contributed by atoms with E-state index in [-0.39, 0.29) is 23.5 Å². The van der Waals surface area contributed by atoms with Crippen LogP contribution >= 0.6 is 11.8 Å². The number of carbonyl (C=O) groups is 1. The molecule has 0 spiro atoms. The molecule has 4 aromatic rings. The van der Waals surface area contributed by atoms with Crippen LogP contribution in [0.5, 0.6) is 0 Å². The van der Waals surface area contributed by atoms with Crippen LogP contribution in [0.3, 0.4) is 0 Å². The monoisotopic (exact) mass is 420 g/mol. The van der Waals surface area contributed by atoms with E-state index in [0.717, 1.165) is 16.5 Å². The molecule has 1 aromatic heterocycles. The Bertz CT molecular complexity index is 1200. The molecule has 30 heavy (non-hydrogen) atoms. The summed E-state index contributed by atoms with van der Waals surface area (Å²) < 4.78 is 16.1. The van der Waals surface area contributed by atoms with E-state index in [1.54, 1.807) is 18.2 Å². The van der Waals surface area contributed by atoms with Crippen molar-refractivity contribution >= 4 is 34.1 Å². The number of aromatic nitrogens is 3. The number of nitrogens with one attached hydrogen (secondary N) is 1. The number of rotatable bonds is 6. The Hall–Kier alpha value is -3.19. The minimum absolute atomic E-state index is 0.0145. The Labute approximate surface area is 178 Å². The molecule has 0 fully saturated rings. The largest absolute Gasteiger partial charge is 0.325 e. The van der Waals surface area contributed by atoms with Crippen molar-refractivity contribution in [3.8, 4) is 11.4 Å². The second-order valence-electron chi connectivity index (χ2n) is 7.15. The number of thioether (sulfide) groups is 1. The van der Waals surface area contributed by atoms with Crippen molar-refractivity contribution in [2.24, 2.45) is 0 Å². The van der Waals surface area contributed by atoms with Crippen LogP contribution in [0.4, 0.5) is 10.1 Å². The van der Waals surface area contributed by atoms with Crippen LogP contribution in [-0.2, 0) is 4.79 Å². The fourth-order valence-electron chi connectivity index (χ4n) is 3.26. The molecule has 0 saturated heterocycles. The highest BCUT2D eigenvalue weighted by atomic mass is 32.2. The molecule has 152 valence electrons. The first-order valence-corrected chi connectivity index (χ1v) is 10.6. The van der Waals surface area contributed by atoms with Crippen LogP contribution in [0.1, 0.15) is 19.9 Å². The van der Waals surface area contributed by atoms with Crippen LogP contribution in [-0.4, -0.2) is 26.4 Å². The number of nitrogens with zero attached hydrogens (tertiary/aromatic N) is 3. The summed E-state index contributed by atoms with van der Waals surface area (Å²) in [5.41, 5.74) is 1.14. The first kappa shape index (κ1) is 20.1. The molecule has 0 radical (unpaired) electrons. The summed E-state index contributed by atoms with van der Waals surface area (Å²) in [6.45, 7) is 3.96. The highest BCUT2D eigenvalue weighted by molar-refractivity contribution is 7.99. The molecule has 1 amide bonds. The maximum Gasteiger partial charge on any atom is 0.234 e. The number of hydrogen-bond acceptors (Lipinski definition) is 4. The van der Waals surface area contributed by atoms with Gasteiger partial charge < -0.3 is 5.32 Å². The minimum atomic E-state index is -0.350. The number of hydrogen-bond donors (Lipinski definition) is 1. The highest BCUT2D eigenvalue weighted by Crippen LogP contribution is 2.29. The van der Waals surface area contributed by atoms with Crippen molar-refractivity contribution < 1.29 is 9.18 Å². The van der Waals surface area contributed by atoms with Gasteiger partial charge in [0.05, 0.1) is 11.3 Å². The Balaban J connectivity index is 1.49. The Kier molecular flexibility index (Phi) is 5.81. The van der Waals surface area contributed by atoms with Crippen LogP contribution in [0.25, 0.3) is 22.2 Å². The summed E-state index contributed by atoms with van der Waals surface area (Å²) in [4.78, 5) is 12.5. The van der Waals surface area contributed by atoms with E-state index in [9.17, 15) is 9.18 Å². The van der Waals surface area contributed by atoms with Crippen LogP contribution in [0, 0.1) is 5.82 Å². The molecule has 0 atom stereocenters. The lowest BCUT2D eigenvalue weighted by atomic mass is 10.1. The molecule has 0 saturated carbocycles. The lowest BCUT2D eigenvalue weighted by Crippen LogP contribution is -2.15. The summed E-state index contributed by atoms with van der Waals surface area (Å²) in [5.74, 6) is 0.147. The first-order chi connectivity index (χ1) is 14.5. The van der Waals surface area contributed by atoms with Gasteiger partial charge in [-0.25, -0.2) is 4.39 Å². The Morgan fingerprint density at radius 3 is 2.53 bits per heavy atom. The summed E-state index contributed by atoms with van der Waals surface area (Å²) in [5, 5.41) is 14.1. The lowest BCUT2D eigenvalue weighted by Gasteiger charge is -2.14. The van der Waals surface area contributed by atoms with Crippen molar-refractivity contribution in [1.82, 2.24) is 14.8 Å². The fourth-order valence-corrected chi connectivity index (χ4v) is 4.13. The van der Waals surface area contributed by atoms with E-state index in [0.29, 0.717) is 16.5 Å². The van der Waals surface area contributed by atoms with Gasteiger partial charge in [0.1, 0.15) is 5.82 Å². The van der Waals surface area contributed by atoms with Crippen molar-refractivity contribution in [1.29, 1.82) is 0 Å². The summed E-state index contributed by atoms with van der Waals surface area (Å²) in [7, 11) is 0. The van der Waals surface area contributed by atoms with Gasteiger partial charge in [0.15, 0.2) is 11.0 Å². The Morgan fingerprint density at radius 2 is 1.77 bits per heavy atom. The summed E-state index contributed by atoms with van der Waals surface area (Å²) >= 11 is 1.28. The highest BCUT2D eigenvalue weighted by Gasteiger charge is 2.19. The van der Waals surface area contributed by atoms with Gasteiger partial charge in [-0.3, -0.25) is 9.36 Å². The summed E-state index contributed by atoms with van der Waals surface area (Å²) in [6.07, 6.45) is 0. The average Bonchev–Trinajstić information content (AvgIpc) is 3.16. The maximum atomic E-state index is 14.2. The number of carbonyl (C=O) groups excluding carboxylic acids is 1. The molecule has 1 heterocycles. The van der Waals surface area contributed by atoms with E-state index in [4.69, 9.17) is 0 Å². The quantitative estimate of drug-likeness (QED) is 0.416. The van der Waals surface area contributed by atoms with Crippen molar-refractivity contribution in [3.63, 3.8) is 0 Å². The molecule has 0 unspecified atom stereocenters. The third-order valence-electron chi connectivity index (χ3n) is 4.66. The van der Waals surface area contributed by atoms with E-state index in [2.05, 4.69) is 15.5 Å². The first-order valence-electron chi connectivity index (χ1n) is 9.64. The Morgan fingerprint density at radius 1 is 1.03 bits per heavy atom. The normalized spacial score (nSPS) is 11.2. The number of anilines is 1. The van der Waals surface area contributed by atoms with Gasteiger partial charge in [-0.1, -0.05) is 54.2 Å². The predicted molar refractivity (Wildman–Crippen MR) is 119 cm³/mol. The number of benzene rings is 3. The van der Waals surface area contributed by atoms with E-state index in [1.165, 1.54) is 17.8 Å². The van der Waals surface area contributed by atoms with Gasteiger partial charge in [-0.2, -0.15) is 0 Å². The molecule has 5 nitrogen and oxygen atoms in total. The fraction of sp³-hybridized carbons (Fsp3) is 0.174. The molecule has 1 N–H and O–H groups in total. The van der Waals surface area contributed by atoms with E-state index in [1.807, 2.05) is 60.9 Å². The maximum absolute atomic E-state index is 14.2. The SMILES string of the molecule is CC(C)n1c(SCC(=O)Nc2ccc3ccccc3c2)nnc1-c1ccccc1F. The molecule has 0 aliphatic rings. The van der Waals surface area contributed by atoms with Gasteiger partial charge in [0, 0.05) is 11.7 Å². The van der Waals surface area contributed by atoms with Gasteiger partial charge >= 0.3 is 0 Å². The number of halogens is 1. The van der Waals surface area contributed by atoms with Gasteiger partial charge in [-0.05, 0) is 48.9 Å². The molecule has 0 bridgehead atoms. The molecular weight excluding hydrogens is 399 g/mol. The van der Waals surface area contributed by atoms with Gasteiger partial charge in [0.25, 0.3) is 0 Å². The molecule has 4 rings (SSSR count). The van der Waals surface area contributed by atoms with Crippen LogP contribution < -0.4 is 5.32 Å². The number of fused-ring (bicyclic) bond motifs is 1. The van der Waals surface area contributed by atoms with Crippen LogP contribution in [0.2, 0.25) is 0 Å². The second-order valence-corrected chi connectivity index (χ2v) is 8.09. The standard InChI is InChI=1S/C23H21FN4OS/c1-15(2)28-22(19-9-5-6-10-20(19)24)26-27-23(28)30-14-21(29)25-18-12-11-16-7-3-4-8-17(16)13-18/h3-13,15H,14H2,1-2H3,(H,25,29). The number of amides is 1. The zero-order chi connectivity index (χ0) is 21.1. The topological polar surface area (TPSA) is 59.8 Å². The molecule has 0 aliphatic carbocycles. The minimum Gasteiger partial charge on any atom is -0.325 e.